The van der Waals surface area contributed by atoms with E-state index in [2.05, 4.69) is 84.2 Å². The Morgan fingerprint density at radius 3 is 2.14 bits per heavy atom. The molecule has 1 aromatic heterocycles. The van der Waals surface area contributed by atoms with Crippen LogP contribution in [0, 0.1) is 5.41 Å². The molecule has 0 N–H and O–H groups in total. The fourth-order valence-corrected chi connectivity index (χ4v) is 9.51. The van der Waals surface area contributed by atoms with Gasteiger partial charge in [-0.2, -0.15) is 22.0 Å². The van der Waals surface area contributed by atoms with Gasteiger partial charge in [0, 0.05) is 37.6 Å². The van der Waals surface area contributed by atoms with Gasteiger partial charge in [-0.25, -0.2) is 0 Å². The number of rotatable bonds is 5. The van der Waals surface area contributed by atoms with Gasteiger partial charge in [0.05, 0.1) is 6.10 Å². The molecule has 244 valence electrons. The zero-order valence-electron chi connectivity index (χ0n) is 27.2. The number of hydrogen-bond donors (Lipinski definition) is 0. The van der Waals surface area contributed by atoms with Gasteiger partial charge in [-0.3, -0.25) is 4.98 Å². The summed E-state index contributed by atoms with van der Waals surface area (Å²) in [7, 11) is -2.21. The van der Waals surface area contributed by atoms with E-state index in [4.69, 9.17) is 14.1 Å². The molecule has 1 aromatic carbocycles. The minimum atomic E-state index is -5.67. The highest BCUT2D eigenvalue weighted by molar-refractivity contribution is 14.1. The zero-order valence-corrected chi connectivity index (χ0v) is 30.3. The molecule has 0 saturated heterocycles. The third-order valence-electron chi connectivity index (χ3n) is 10.3. The minimum Gasteiger partial charge on any atom is -0.410 e. The van der Waals surface area contributed by atoms with E-state index in [1.807, 2.05) is 0 Å². The largest absolute Gasteiger partial charge is 0.458 e. The zero-order chi connectivity index (χ0) is 32.8. The lowest BCUT2D eigenvalue weighted by Crippen LogP contribution is -2.44. The number of aromatic nitrogens is 1. The summed E-state index contributed by atoms with van der Waals surface area (Å²) in [5.41, 5.74) is 3.99. The van der Waals surface area contributed by atoms with Crippen molar-refractivity contribution >= 4 is 30.9 Å². The Labute approximate surface area is 273 Å². The molecule has 3 aliphatic rings. The van der Waals surface area contributed by atoms with Crippen molar-refractivity contribution in [2.75, 3.05) is 0 Å². The van der Waals surface area contributed by atoms with Crippen LogP contribution in [0.2, 0.25) is 18.1 Å². The molecule has 0 radical (unpaired) electrons. The maximum atomic E-state index is 14.2. The first-order chi connectivity index (χ1) is 20.0. The summed E-state index contributed by atoms with van der Waals surface area (Å²) in [6.45, 7) is 20.0. The fourth-order valence-electron chi connectivity index (χ4n) is 7.03. The highest BCUT2D eigenvalue weighted by atomic mass is 127. The molecule has 1 aliphatic heterocycles. The van der Waals surface area contributed by atoms with Crippen LogP contribution < -0.4 is 0 Å². The Bertz CT molecular complexity index is 1420. The van der Waals surface area contributed by atoms with Crippen molar-refractivity contribution in [3.8, 4) is 0 Å². The molecule has 1 fully saturated rings. The van der Waals surface area contributed by atoms with Gasteiger partial charge in [-0.05, 0) is 67.1 Å². The van der Waals surface area contributed by atoms with Crippen molar-refractivity contribution in [2.45, 2.75) is 138 Å². The molecule has 3 unspecified atom stereocenters. The number of pyridine rings is 1. The number of ether oxygens (including phenoxy) is 1. The second-order valence-electron chi connectivity index (χ2n) is 15.7. The lowest BCUT2D eigenvalue weighted by atomic mass is 9.70. The van der Waals surface area contributed by atoms with Crippen LogP contribution in [0.4, 0.5) is 22.0 Å². The molecular weight excluding hydrogens is 704 g/mol. The van der Waals surface area contributed by atoms with Crippen molar-refractivity contribution in [3.63, 3.8) is 0 Å². The van der Waals surface area contributed by atoms with E-state index in [1.54, 1.807) is 0 Å². The molecule has 44 heavy (non-hydrogen) atoms. The van der Waals surface area contributed by atoms with Crippen LogP contribution in [-0.4, -0.2) is 23.4 Å². The summed E-state index contributed by atoms with van der Waals surface area (Å²) in [4.78, 5) is 5.35. The van der Waals surface area contributed by atoms with Gasteiger partial charge in [0.1, 0.15) is 11.7 Å². The van der Waals surface area contributed by atoms with E-state index in [1.165, 1.54) is 12.1 Å². The fraction of sp³-hybridized carbons (Fsp3) is 0.676. The van der Waals surface area contributed by atoms with Crippen molar-refractivity contribution in [3.05, 3.63) is 63.5 Å². The third kappa shape index (κ3) is 5.59. The Morgan fingerprint density at radius 1 is 1.02 bits per heavy atom. The predicted molar refractivity (Wildman–Crippen MR) is 174 cm³/mol. The molecule has 5 rings (SSSR count). The third-order valence-corrected chi connectivity index (χ3v) is 16.4. The predicted octanol–water partition coefficient (Wildman–Crippen LogP) is 11.2. The molecule has 2 aliphatic carbocycles. The first-order valence-corrected chi connectivity index (χ1v) is 19.8. The molecule has 1 spiro atoms. The first kappa shape index (κ1) is 34.2. The van der Waals surface area contributed by atoms with Gasteiger partial charge in [0.15, 0.2) is 8.32 Å². The van der Waals surface area contributed by atoms with Gasteiger partial charge in [-0.1, -0.05) is 95.3 Å². The normalized spacial score (nSPS) is 27.2. The number of halogens is 6. The van der Waals surface area contributed by atoms with Crippen LogP contribution in [0.3, 0.4) is 0 Å². The SMILES string of the molecule is CC(C)c1nc2c(c3c1[C@@H](c1ccc(C(F)(F)C(F)(F)F)cc1)OC31CCCC1I)C(O[Si](C)(C)C(C)(C)C)CC(C)(C)C2. The van der Waals surface area contributed by atoms with Crippen molar-refractivity contribution in [1.29, 1.82) is 0 Å². The molecule has 2 aromatic rings. The average Bonchev–Trinajstić information content (AvgIpc) is 3.41. The summed E-state index contributed by atoms with van der Waals surface area (Å²) in [6, 6.07) is 4.52. The molecule has 3 nitrogen and oxygen atoms in total. The maximum absolute atomic E-state index is 14.2. The quantitative estimate of drug-likeness (QED) is 0.132. The summed E-state index contributed by atoms with van der Waals surface area (Å²) in [5, 5.41) is -0.000664. The van der Waals surface area contributed by atoms with Crippen LogP contribution in [0.5, 0.6) is 0 Å². The van der Waals surface area contributed by atoms with Crippen molar-refractivity contribution in [2.24, 2.45) is 5.41 Å². The number of nitrogens with zero attached hydrogens (tertiary/aromatic N) is 1. The van der Waals surface area contributed by atoms with Crippen LogP contribution in [0.25, 0.3) is 0 Å². The highest BCUT2D eigenvalue weighted by Crippen LogP contribution is 2.62. The summed E-state index contributed by atoms with van der Waals surface area (Å²) in [5.74, 6) is -4.90. The van der Waals surface area contributed by atoms with Crippen LogP contribution in [0.1, 0.15) is 131 Å². The average molecular weight is 750 g/mol. The maximum Gasteiger partial charge on any atom is 0.458 e. The van der Waals surface area contributed by atoms with Gasteiger partial charge < -0.3 is 9.16 Å². The topological polar surface area (TPSA) is 31.4 Å². The summed E-state index contributed by atoms with van der Waals surface area (Å²) >= 11 is 2.49. The molecule has 0 amide bonds. The number of hydrogen-bond acceptors (Lipinski definition) is 3. The molecule has 10 heteroatoms. The van der Waals surface area contributed by atoms with Gasteiger partial charge >= 0.3 is 12.1 Å². The van der Waals surface area contributed by atoms with Crippen molar-refractivity contribution < 1.29 is 31.1 Å². The minimum absolute atomic E-state index is 0.000664. The molecule has 4 atom stereocenters. The molecule has 2 heterocycles. The molecule has 0 bridgehead atoms. The van der Waals surface area contributed by atoms with Crippen LogP contribution in [-0.2, 0) is 27.1 Å². The van der Waals surface area contributed by atoms with Gasteiger partial charge in [0.2, 0.25) is 0 Å². The van der Waals surface area contributed by atoms with Gasteiger partial charge in [0.25, 0.3) is 0 Å². The summed E-state index contributed by atoms with van der Waals surface area (Å²) in [6.07, 6.45) is -2.08. The van der Waals surface area contributed by atoms with Gasteiger partial charge in [-0.15, -0.1) is 0 Å². The van der Waals surface area contributed by atoms with E-state index < -0.39 is 37.7 Å². The monoisotopic (exact) mass is 749 g/mol. The number of alkyl halides is 6. The standard InChI is InChI=1S/C34H45F5INO2Si/c1-19(2)28-26-27(25-22(41-28)17-31(6,7)18-23(25)43-44(8,9)30(3,4)5)32(16-10-11-24(32)40)42-29(26)20-12-14-21(15-13-20)33(35,36)34(37,38)39/h12-15,19,23-24,29H,10-11,16-18H2,1-9H3/t23?,24?,29-,32?/m1/s1. The Kier molecular flexibility index (Phi) is 8.54. The Hall–Kier alpha value is -1.11. The van der Waals surface area contributed by atoms with Crippen LogP contribution >= 0.6 is 22.6 Å². The van der Waals surface area contributed by atoms with E-state index in [9.17, 15) is 22.0 Å². The highest BCUT2D eigenvalue weighted by Gasteiger charge is 2.59. The summed E-state index contributed by atoms with van der Waals surface area (Å²) < 4.78 is 82.4. The molecule has 1 saturated carbocycles. The molecular formula is C34H45F5INO2Si. The number of benzene rings is 1. The Balaban J connectivity index is 1.75. The van der Waals surface area contributed by atoms with E-state index in [-0.39, 0.29) is 26.4 Å². The Morgan fingerprint density at radius 2 is 1.64 bits per heavy atom. The second kappa shape index (κ2) is 11.0. The number of fused-ring (bicyclic) bond motifs is 4. The van der Waals surface area contributed by atoms with E-state index >= 15 is 0 Å². The lowest BCUT2D eigenvalue weighted by molar-refractivity contribution is -0.289. The second-order valence-corrected chi connectivity index (χ2v) is 21.9. The first-order valence-electron chi connectivity index (χ1n) is 15.6. The van der Waals surface area contributed by atoms with E-state index in [0.29, 0.717) is 5.56 Å². The lowest BCUT2D eigenvalue weighted by Gasteiger charge is -2.45. The van der Waals surface area contributed by atoms with E-state index in [0.717, 1.165) is 72.3 Å². The van der Waals surface area contributed by atoms with Crippen LogP contribution in [0.15, 0.2) is 24.3 Å². The van der Waals surface area contributed by atoms with Crippen molar-refractivity contribution in [1.82, 2.24) is 4.98 Å². The smallest absolute Gasteiger partial charge is 0.410 e.